The first-order chi connectivity index (χ1) is 7.91. The fourth-order valence-electron chi connectivity index (χ4n) is 1.51. The van der Waals surface area contributed by atoms with Crippen molar-refractivity contribution in [2.24, 2.45) is 11.7 Å². The first kappa shape index (κ1) is 14.0. The Morgan fingerprint density at radius 1 is 1.35 bits per heavy atom. The van der Waals surface area contributed by atoms with Gasteiger partial charge in [-0.2, -0.15) is 0 Å². The van der Waals surface area contributed by atoms with Gasteiger partial charge in [-0.3, -0.25) is 4.79 Å². The molecule has 0 fully saturated rings. The molecule has 0 bridgehead atoms. The molecule has 4 heteroatoms. The zero-order valence-electron chi connectivity index (χ0n) is 10.5. The van der Waals surface area contributed by atoms with Crippen molar-refractivity contribution in [3.63, 3.8) is 0 Å². The van der Waals surface area contributed by atoms with Crippen LogP contribution in [-0.2, 0) is 11.3 Å². The molecule has 3 nitrogen and oxygen atoms in total. The summed E-state index contributed by atoms with van der Waals surface area (Å²) in [7, 11) is 1.79. The molecule has 0 saturated carbocycles. The van der Waals surface area contributed by atoms with Gasteiger partial charge in [-0.25, -0.2) is 0 Å². The van der Waals surface area contributed by atoms with Crippen LogP contribution in [0.1, 0.15) is 19.4 Å². The number of amides is 1. The first-order valence-electron chi connectivity index (χ1n) is 5.67. The van der Waals surface area contributed by atoms with Crippen LogP contribution in [0.2, 0.25) is 5.02 Å². The molecule has 0 aliphatic heterocycles. The van der Waals surface area contributed by atoms with Crippen molar-refractivity contribution in [3.8, 4) is 0 Å². The van der Waals surface area contributed by atoms with Crippen molar-refractivity contribution in [2.75, 3.05) is 7.05 Å². The zero-order valence-corrected chi connectivity index (χ0v) is 11.2. The second-order valence-corrected chi connectivity index (χ2v) is 4.90. The van der Waals surface area contributed by atoms with Crippen LogP contribution in [0.15, 0.2) is 24.3 Å². The number of benzene rings is 1. The van der Waals surface area contributed by atoms with Crippen LogP contribution in [0.3, 0.4) is 0 Å². The van der Waals surface area contributed by atoms with Crippen LogP contribution >= 0.6 is 11.6 Å². The Morgan fingerprint density at radius 3 is 2.35 bits per heavy atom. The van der Waals surface area contributed by atoms with Crippen LogP contribution < -0.4 is 5.73 Å². The number of hydrogen-bond acceptors (Lipinski definition) is 2. The van der Waals surface area contributed by atoms with E-state index in [-0.39, 0.29) is 17.9 Å². The van der Waals surface area contributed by atoms with Crippen molar-refractivity contribution >= 4 is 17.5 Å². The minimum Gasteiger partial charge on any atom is -0.341 e. The number of hydrogen-bond donors (Lipinski definition) is 1. The van der Waals surface area contributed by atoms with Crippen LogP contribution in [0.25, 0.3) is 0 Å². The summed E-state index contributed by atoms with van der Waals surface area (Å²) in [6.07, 6.45) is 0. The van der Waals surface area contributed by atoms with Gasteiger partial charge in [0.05, 0.1) is 5.92 Å². The third-order valence-electron chi connectivity index (χ3n) is 2.89. The van der Waals surface area contributed by atoms with E-state index in [9.17, 15) is 4.79 Å². The second-order valence-electron chi connectivity index (χ2n) is 4.47. The Hall–Kier alpha value is -1.06. The van der Waals surface area contributed by atoms with Gasteiger partial charge in [0, 0.05) is 24.7 Å². The fourth-order valence-corrected chi connectivity index (χ4v) is 1.64. The molecule has 2 N–H and O–H groups in total. The van der Waals surface area contributed by atoms with E-state index in [2.05, 4.69) is 0 Å². The largest absolute Gasteiger partial charge is 0.341 e. The molecule has 0 aliphatic carbocycles. The Bertz CT molecular complexity index is 376. The van der Waals surface area contributed by atoms with E-state index < -0.39 is 0 Å². The predicted octanol–water partition coefficient (Wildman–Crippen LogP) is 2.28. The Morgan fingerprint density at radius 2 is 1.88 bits per heavy atom. The van der Waals surface area contributed by atoms with Gasteiger partial charge in [0.15, 0.2) is 0 Å². The summed E-state index contributed by atoms with van der Waals surface area (Å²) >= 11 is 5.81. The quantitative estimate of drug-likeness (QED) is 0.896. The maximum Gasteiger partial charge on any atom is 0.226 e. The van der Waals surface area contributed by atoms with Gasteiger partial charge < -0.3 is 10.6 Å². The van der Waals surface area contributed by atoms with Gasteiger partial charge in [-0.05, 0) is 24.6 Å². The summed E-state index contributed by atoms with van der Waals surface area (Å²) in [6, 6.07) is 7.36. The fraction of sp³-hybridized carbons (Fsp3) is 0.462. The number of carbonyl (C=O) groups is 1. The van der Waals surface area contributed by atoms with E-state index in [0.717, 1.165) is 5.56 Å². The Kier molecular flexibility index (Phi) is 4.97. The SMILES string of the molecule is CC(N)C(C)C(=O)N(C)Cc1ccc(Cl)cc1. The molecule has 0 heterocycles. The first-order valence-corrected chi connectivity index (χ1v) is 6.04. The number of carbonyl (C=O) groups excluding carboxylic acids is 1. The van der Waals surface area contributed by atoms with E-state index in [0.29, 0.717) is 11.6 Å². The highest BCUT2D eigenvalue weighted by Gasteiger charge is 2.20. The van der Waals surface area contributed by atoms with E-state index >= 15 is 0 Å². The van der Waals surface area contributed by atoms with Crippen molar-refractivity contribution < 1.29 is 4.79 Å². The van der Waals surface area contributed by atoms with Crippen LogP contribution in [-0.4, -0.2) is 23.9 Å². The monoisotopic (exact) mass is 254 g/mol. The van der Waals surface area contributed by atoms with Crippen molar-refractivity contribution in [1.29, 1.82) is 0 Å². The number of nitrogens with two attached hydrogens (primary N) is 1. The lowest BCUT2D eigenvalue weighted by Gasteiger charge is -2.23. The normalized spacial score (nSPS) is 14.2. The number of halogens is 1. The third-order valence-corrected chi connectivity index (χ3v) is 3.14. The van der Waals surface area contributed by atoms with Crippen LogP contribution in [0.5, 0.6) is 0 Å². The summed E-state index contributed by atoms with van der Waals surface area (Å²) in [6.45, 7) is 4.27. The van der Waals surface area contributed by atoms with E-state index in [1.165, 1.54) is 0 Å². The lowest BCUT2D eigenvalue weighted by molar-refractivity contribution is -0.134. The highest BCUT2D eigenvalue weighted by Crippen LogP contribution is 2.12. The highest BCUT2D eigenvalue weighted by atomic mass is 35.5. The van der Waals surface area contributed by atoms with Crippen LogP contribution in [0, 0.1) is 5.92 Å². The molecule has 1 amide bonds. The topological polar surface area (TPSA) is 46.3 Å². The summed E-state index contributed by atoms with van der Waals surface area (Å²) < 4.78 is 0. The van der Waals surface area contributed by atoms with Gasteiger partial charge in [-0.1, -0.05) is 30.7 Å². The average molecular weight is 255 g/mol. The number of rotatable bonds is 4. The second kappa shape index (κ2) is 6.03. The Labute approximate surface area is 108 Å². The maximum absolute atomic E-state index is 12.0. The standard InChI is InChI=1S/C13H19ClN2O/c1-9(10(2)15)13(17)16(3)8-11-4-6-12(14)7-5-11/h4-7,9-10H,8,15H2,1-3H3. The zero-order chi connectivity index (χ0) is 13.0. The molecule has 1 aromatic carbocycles. The lowest BCUT2D eigenvalue weighted by atomic mass is 10.0. The summed E-state index contributed by atoms with van der Waals surface area (Å²) in [5, 5.41) is 0.701. The third kappa shape index (κ3) is 4.02. The van der Waals surface area contributed by atoms with Gasteiger partial charge in [0.1, 0.15) is 0 Å². The highest BCUT2D eigenvalue weighted by molar-refractivity contribution is 6.30. The molecule has 1 aromatic rings. The minimum atomic E-state index is -0.160. The molecule has 0 aromatic heterocycles. The van der Waals surface area contributed by atoms with Crippen molar-refractivity contribution in [1.82, 2.24) is 4.90 Å². The van der Waals surface area contributed by atoms with Crippen molar-refractivity contribution in [2.45, 2.75) is 26.4 Å². The van der Waals surface area contributed by atoms with E-state index in [4.69, 9.17) is 17.3 Å². The molecule has 0 saturated heterocycles. The number of nitrogens with zero attached hydrogens (tertiary/aromatic N) is 1. The molecule has 0 radical (unpaired) electrons. The Balaban J connectivity index is 2.63. The van der Waals surface area contributed by atoms with Gasteiger partial charge in [0.2, 0.25) is 5.91 Å². The molecular weight excluding hydrogens is 236 g/mol. The lowest BCUT2D eigenvalue weighted by Crippen LogP contribution is -2.39. The van der Waals surface area contributed by atoms with E-state index in [1.807, 2.05) is 38.1 Å². The van der Waals surface area contributed by atoms with E-state index in [1.54, 1.807) is 11.9 Å². The summed E-state index contributed by atoms with van der Waals surface area (Å²) in [5.41, 5.74) is 6.78. The molecule has 0 spiro atoms. The van der Waals surface area contributed by atoms with Crippen molar-refractivity contribution in [3.05, 3.63) is 34.9 Å². The van der Waals surface area contributed by atoms with Crippen LogP contribution in [0.4, 0.5) is 0 Å². The molecular formula is C13H19ClN2O. The van der Waals surface area contributed by atoms with Gasteiger partial charge >= 0.3 is 0 Å². The summed E-state index contributed by atoms with van der Waals surface area (Å²) in [4.78, 5) is 13.7. The minimum absolute atomic E-state index is 0.0648. The molecule has 1 rings (SSSR count). The smallest absolute Gasteiger partial charge is 0.226 e. The van der Waals surface area contributed by atoms with Gasteiger partial charge in [-0.15, -0.1) is 0 Å². The molecule has 17 heavy (non-hydrogen) atoms. The summed E-state index contributed by atoms with van der Waals surface area (Å²) in [5.74, 6) is -0.0951. The van der Waals surface area contributed by atoms with Gasteiger partial charge in [0.25, 0.3) is 0 Å². The molecule has 2 atom stereocenters. The molecule has 0 aliphatic rings. The average Bonchev–Trinajstić information content (AvgIpc) is 2.30. The molecule has 2 unspecified atom stereocenters. The predicted molar refractivity (Wildman–Crippen MR) is 70.7 cm³/mol. The maximum atomic E-state index is 12.0. The molecule has 94 valence electrons.